The van der Waals surface area contributed by atoms with Crippen LogP contribution in [0.2, 0.25) is 0 Å². The van der Waals surface area contributed by atoms with Crippen LogP contribution < -0.4 is 0 Å². The summed E-state index contributed by atoms with van der Waals surface area (Å²) in [5.74, 6) is 0. The average molecular weight is 241 g/mol. The van der Waals surface area contributed by atoms with Crippen LogP contribution in [-0.2, 0) is 0 Å². The van der Waals surface area contributed by atoms with Gasteiger partial charge in [-0.25, -0.2) is 0 Å². The topological polar surface area (TPSA) is 48.8 Å². The zero-order chi connectivity index (χ0) is 12.1. The van der Waals surface area contributed by atoms with Crippen molar-refractivity contribution in [1.29, 1.82) is 0 Å². The largest absolute Gasteiger partial charge is 0.130 e. The van der Waals surface area contributed by atoms with E-state index >= 15 is 0 Å². The van der Waals surface area contributed by atoms with E-state index in [0.717, 1.165) is 11.1 Å². The molecule has 4 heteroatoms. The molecule has 17 heavy (non-hydrogen) atoms. The standard InChI is InChI=1S/C13H11N3S/c1-17-13-7-5-10(6-8-13)11-3-2-4-12(9-11)15-16-14/h2-9H,1H3. The van der Waals surface area contributed by atoms with Crippen LogP contribution in [-0.4, -0.2) is 6.26 Å². The van der Waals surface area contributed by atoms with Crippen LogP contribution >= 0.6 is 11.8 Å². The van der Waals surface area contributed by atoms with Gasteiger partial charge in [-0.2, -0.15) is 0 Å². The van der Waals surface area contributed by atoms with Gasteiger partial charge in [0.15, 0.2) is 0 Å². The third kappa shape index (κ3) is 2.81. The Kier molecular flexibility index (Phi) is 3.70. The number of azide groups is 1. The van der Waals surface area contributed by atoms with E-state index in [0.29, 0.717) is 5.69 Å². The Morgan fingerprint density at radius 3 is 2.47 bits per heavy atom. The van der Waals surface area contributed by atoms with Crippen molar-refractivity contribution >= 4 is 17.4 Å². The van der Waals surface area contributed by atoms with E-state index in [-0.39, 0.29) is 0 Å². The molecular formula is C13H11N3S. The molecule has 84 valence electrons. The number of thioether (sulfide) groups is 1. The molecule has 0 heterocycles. The fourth-order valence-corrected chi connectivity index (χ4v) is 1.99. The lowest BCUT2D eigenvalue weighted by Crippen LogP contribution is -1.77. The third-order valence-corrected chi connectivity index (χ3v) is 3.17. The molecule has 0 aliphatic carbocycles. The van der Waals surface area contributed by atoms with Crippen LogP contribution in [0.4, 0.5) is 5.69 Å². The van der Waals surface area contributed by atoms with Gasteiger partial charge in [0.1, 0.15) is 0 Å². The van der Waals surface area contributed by atoms with Crippen molar-refractivity contribution in [3.8, 4) is 11.1 Å². The lowest BCUT2D eigenvalue weighted by molar-refractivity contribution is 1.44. The van der Waals surface area contributed by atoms with Gasteiger partial charge in [0.05, 0.1) is 0 Å². The molecule has 0 unspecified atom stereocenters. The lowest BCUT2D eigenvalue weighted by atomic mass is 10.1. The Bertz CT molecular complexity index is 557. The van der Waals surface area contributed by atoms with Crippen LogP contribution in [0.25, 0.3) is 21.6 Å². The molecule has 0 amide bonds. The molecule has 0 fully saturated rings. The van der Waals surface area contributed by atoms with E-state index in [1.807, 2.05) is 18.2 Å². The van der Waals surface area contributed by atoms with E-state index in [9.17, 15) is 0 Å². The highest BCUT2D eigenvalue weighted by Gasteiger charge is 1.98. The van der Waals surface area contributed by atoms with Gasteiger partial charge in [0, 0.05) is 15.5 Å². The summed E-state index contributed by atoms with van der Waals surface area (Å²) in [5.41, 5.74) is 11.2. The number of hydrogen-bond acceptors (Lipinski definition) is 2. The third-order valence-electron chi connectivity index (χ3n) is 2.43. The molecule has 0 radical (unpaired) electrons. The molecule has 0 spiro atoms. The SMILES string of the molecule is CSc1ccc(-c2cccc(N=[N+]=[N-])c2)cc1. The molecule has 2 aromatic carbocycles. The summed E-state index contributed by atoms with van der Waals surface area (Å²) >= 11 is 1.72. The summed E-state index contributed by atoms with van der Waals surface area (Å²) in [5, 5.41) is 3.60. The minimum absolute atomic E-state index is 0.638. The average Bonchev–Trinajstić information content (AvgIpc) is 2.40. The smallest absolute Gasteiger partial charge is 0.0381 e. The van der Waals surface area contributed by atoms with Crippen molar-refractivity contribution in [3.05, 3.63) is 59.0 Å². The minimum atomic E-state index is 0.638. The Hall–Kier alpha value is -1.90. The first-order valence-electron chi connectivity index (χ1n) is 5.13. The summed E-state index contributed by atoms with van der Waals surface area (Å²) in [4.78, 5) is 4.03. The van der Waals surface area contributed by atoms with Gasteiger partial charge >= 0.3 is 0 Å². The zero-order valence-electron chi connectivity index (χ0n) is 9.37. The molecule has 0 aromatic heterocycles. The van der Waals surface area contributed by atoms with Gasteiger partial charge in [-0.15, -0.1) is 11.8 Å². The van der Waals surface area contributed by atoms with Crippen LogP contribution in [0, 0.1) is 0 Å². The molecule has 0 aliphatic rings. The van der Waals surface area contributed by atoms with E-state index in [1.54, 1.807) is 17.8 Å². The summed E-state index contributed by atoms with van der Waals surface area (Å²) in [7, 11) is 0. The predicted octanol–water partition coefficient (Wildman–Crippen LogP) is 5.02. The quantitative estimate of drug-likeness (QED) is 0.322. The molecule has 2 aromatic rings. The van der Waals surface area contributed by atoms with E-state index < -0.39 is 0 Å². The van der Waals surface area contributed by atoms with Crippen molar-refractivity contribution in [2.45, 2.75) is 4.90 Å². The maximum Gasteiger partial charge on any atom is 0.0381 e. The van der Waals surface area contributed by atoms with Crippen molar-refractivity contribution < 1.29 is 0 Å². The summed E-state index contributed by atoms with van der Waals surface area (Å²) < 4.78 is 0. The van der Waals surface area contributed by atoms with Crippen LogP contribution in [0.15, 0.2) is 58.5 Å². The molecule has 0 saturated heterocycles. The highest BCUT2D eigenvalue weighted by atomic mass is 32.2. The predicted molar refractivity (Wildman–Crippen MR) is 72.5 cm³/mol. The summed E-state index contributed by atoms with van der Waals surface area (Å²) in [6.07, 6.45) is 2.05. The van der Waals surface area contributed by atoms with E-state index in [2.05, 4.69) is 40.5 Å². The first-order chi connectivity index (χ1) is 8.33. The fourth-order valence-electron chi connectivity index (χ4n) is 1.58. The fraction of sp³-hybridized carbons (Fsp3) is 0.0769. The monoisotopic (exact) mass is 241 g/mol. The highest BCUT2D eigenvalue weighted by Crippen LogP contribution is 2.26. The number of nitrogens with zero attached hydrogens (tertiary/aromatic N) is 3. The molecule has 0 saturated carbocycles. The number of hydrogen-bond donors (Lipinski definition) is 0. The molecule has 0 N–H and O–H groups in total. The Morgan fingerprint density at radius 1 is 1.06 bits per heavy atom. The highest BCUT2D eigenvalue weighted by molar-refractivity contribution is 7.98. The van der Waals surface area contributed by atoms with Crippen molar-refractivity contribution in [1.82, 2.24) is 0 Å². The normalized spacial score (nSPS) is 9.71. The Labute approximate surface area is 104 Å². The first-order valence-corrected chi connectivity index (χ1v) is 6.35. The zero-order valence-corrected chi connectivity index (χ0v) is 10.2. The van der Waals surface area contributed by atoms with Gasteiger partial charge < -0.3 is 0 Å². The lowest BCUT2D eigenvalue weighted by Gasteiger charge is -2.03. The summed E-state index contributed by atoms with van der Waals surface area (Å²) in [6.45, 7) is 0. The second kappa shape index (κ2) is 5.43. The van der Waals surface area contributed by atoms with E-state index in [1.165, 1.54) is 4.90 Å². The molecule has 0 atom stereocenters. The van der Waals surface area contributed by atoms with Crippen molar-refractivity contribution in [2.75, 3.05) is 6.26 Å². The van der Waals surface area contributed by atoms with Gasteiger partial charge in [-0.3, -0.25) is 0 Å². The molecular weight excluding hydrogens is 230 g/mol. The van der Waals surface area contributed by atoms with Crippen molar-refractivity contribution in [3.63, 3.8) is 0 Å². The maximum atomic E-state index is 8.41. The molecule has 2 rings (SSSR count). The van der Waals surface area contributed by atoms with Crippen LogP contribution in [0.3, 0.4) is 0 Å². The van der Waals surface area contributed by atoms with Gasteiger partial charge in [0.2, 0.25) is 0 Å². The van der Waals surface area contributed by atoms with Crippen LogP contribution in [0.1, 0.15) is 0 Å². The van der Waals surface area contributed by atoms with Crippen LogP contribution in [0.5, 0.6) is 0 Å². The molecule has 3 nitrogen and oxygen atoms in total. The van der Waals surface area contributed by atoms with Gasteiger partial charge in [-0.1, -0.05) is 35.4 Å². The van der Waals surface area contributed by atoms with E-state index in [4.69, 9.17) is 5.53 Å². The second-order valence-electron chi connectivity index (χ2n) is 3.47. The second-order valence-corrected chi connectivity index (χ2v) is 4.35. The summed E-state index contributed by atoms with van der Waals surface area (Å²) in [6, 6.07) is 15.9. The van der Waals surface area contributed by atoms with Gasteiger partial charge in [-0.05, 0) is 41.1 Å². The Balaban J connectivity index is 2.38. The van der Waals surface area contributed by atoms with Crippen molar-refractivity contribution in [2.24, 2.45) is 5.11 Å². The Morgan fingerprint density at radius 2 is 1.82 bits per heavy atom. The van der Waals surface area contributed by atoms with Gasteiger partial charge in [0.25, 0.3) is 0 Å². The first kappa shape index (κ1) is 11.6. The maximum absolute atomic E-state index is 8.41. The minimum Gasteiger partial charge on any atom is -0.130 e. The number of rotatable bonds is 3. The molecule has 0 aliphatic heterocycles. The number of benzene rings is 2. The molecule has 0 bridgehead atoms.